The molecule has 0 saturated heterocycles. The number of imidazole rings is 1. The largest absolute Gasteiger partial charge is 0.291 e. The quantitative estimate of drug-likeness (QED) is 0.174. The fourth-order valence-corrected chi connectivity index (χ4v) is 11.6. The molecule has 1 aliphatic rings. The topological polar surface area (TPSA) is 17.3 Å². The molecular weight excluding hydrogens is 733 g/mol. The fraction of sp³-hybridized carbons (Fsp3) is 0.0179. The molecule has 0 atom stereocenters. The second-order valence-electron chi connectivity index (χ2n) is 15.8. The average Bonchev–Trinajstić information content (AvgIpc) is 3.97. The van der Waals surface area contributed by atoms with E-state index in [1.807, 2.05) is 11.3 Å². The summed E-state index contributed by atoms with van der Waals surface area (Å²) in [6.45, 7) is 0. The van der Waals surface area contributed by atoms with E-state index in [4.69, 9.17) is 4.98 Å². The summed E-state index contributed by atoms with van der Waals surface area (Å²) < 4.78 is 4.93. The molecule has 2 nitrogen and oxygen atoms in total. The summed E-state index contributed by atoms with van der Waals surface area (Å²) in [5, 5.41) is 7.49. The SMILES string of the molecule is c1ccc(C2(c3ccccc3)c3ccccc3-c3c(-c4ccc(-c5cc6c7ccc8ccccc8c7sc6c6nc7cc8ccccc8cc7n56)cc4)cccc32)cc1. The van der Waals surface area contributed by atoms with Gasteiger partial charge in [0.25, 0.3) is 0 Å². The zero-order chi connectivity index (χ0) is 38.7. The number of thiophene rings is 1. The van der Waals surface area contributed by atoms with Gasteiger partial charge in [-0.15, -0.1) is 11.3 Å². The highest BCUT2D eigenvalue weighted by Crippen LogP contribution is 2.58. The summed E-state index contributed by atoms with van der Waals surface area (Å²) >= 11 is 1.86. The molecular formula is C56H34N2S. The van der Waals surface area contributed by atoms with Crippen LogP contribution in [0.4, 0.5) is 0 Å². The van der Waals surface area contributed by atoms with Crippen molar-refractivity contribution in [2.24, 2.45) is 0 Å². The first-order chi connectivity index (χ1) is 29.3. The number of hydrogen-bond donors (Lipinski definition) is 0. The molecule has 0 radical (unpaired) electrons. The lowest BCUT2D eigenvalue weighted by atomic mass is 9.67. The number of hydrogen-bond acceptors (Lipinski definition) is 2. The van der Waals surface area contributed by atoms with Crippen LogP contribution in [-0.2, 0) is 5.41 Å². The van der Waals surface area contributed by atoms with Gasteiger partial charge in [-0.2, -0.15) is 0 Å². The van der Waals surface area contributed by atoms with E-state index in [9.17, 15) is 0 Å². The van der Waals surface area contributed by atoms with Crippen molar-refractivity contribution in [1.82, 2.24) is 9.38 Å². The van der Waals surface area contributed by atoms with Crippen molar-refractivity contribution in [2.45, 2.75) is 5.41 Å². The third-order valence-corrected chi connectivity index (χ3v) is 14.1. The van der Waals surface area contributed by atoms with E-state index < -0.39 is 5.41 Å². The van der Waals surface area contributed by atoms with Crippen LogP contribution in [0.25, 0.3) is 91.9 Å². The molecule has 3 aromatic heterocycles. The monoisotopic (exact) mass is 766 g/mol. The molecule has 13 rings (SSSR count). The molecule has 0 saturated carbocycles. The van der Waals surface area contributed by atoms with Crippen LogP contribution >= 0.6 is 11.3 Å². The number of benzene rings is 9. The van der Waals surface area contributed by atoms with E-state index in [2.05, 4.69) is 211 Å². The molecule has 0 fully saturated rings. The lowest BCUT2D eigenvalue weighted by Gasteiger charge is -2.34. The van der Waals surface area contributed by atoms with E-state index in [1.54, 1.807) is 0 Å². The van der Waals surface area contributed by atoms with Crippen molar-refractivity contribution >= 4 is 69.7 Å². The van der Waals surface area contributed by atoms with Crippen molar-refractivity contribution < 1.29 is 0 Å². The maximum Gasteiger partial charge on any atom is 0.156 e. The van der Waals surface area contributed by atoms with Gasteiger partial charge in [-0.1, -0.05) is 188 Å². The number of aromatic nitrogens is 2. The van der Waals surface area contributed by atoms with Gasteiger partial charge in [0.15, 0.2) is 5.65 Å². The van der Waals surface area contributed by atoms with Gasteiger partial charge in [0, 0.05) is 15.5 Å². The number of rotatable bonds is 4. The van der Waals surface area contributed by atoms with Crippen LogP contribution in [0.3, 0.4) is 0 Å². The highest BCUT2D eigenvalue weighted by Gasteiger charge is 2.46. The molecule has 9 aromatic carbocycles. The molecule has 59 heavy (non-hydrogen) atoms. The third kappa shape index (κ3) is 4.54. The predicted octanol–water partition coefficient (Wildman–Crippen LogP) is 14.9. The highest BCUT2D eigenvalue weighted by molar-refractivity contribution is 7.27. The minimum Gasteiger partial charge on any atom is -0.291 e. The van der Waals surface area contributed by atoms with Crippen molar-refractivity contribution in [1.29, 1.82) is 0 Å². The summed E-state index contributed by atoms with van der Waals surface area (Å²) in [5.41, 5.74) is 15.2. The second kappa shape index (κ2) is 12.3. The first-order valence-electron chi connectivity index (χ1n) is 20.3. The average molecular weight is 767 g/mol. The van der Waals surface area contributed by atoms with Gasteiger partial charge in [0.1, 0.15) is 0 Å². The molecule has 0 spiro atoms. The van der Waals surface area contributed by atoms with Crippen molar-refractivity contribution in [3.8, 4) is 33.5 Å². The minimum absolute atomic E-state index is 0.438. The van der Waals surface area contributed by atoms with Crippen LogP contribution < -0.4 is 0 Å². The Morgan fingerprint density at radius 1 is 0.424 bits per heavy atom. The minimum atomic E-state index is -0.438. The van der Waals surface area contributed by atoms with Crippen molar-refractivity contribution in [3.05, 3.63) is 229 Å². The molecule has 3 heteroatoms. The second-order valence-corrected chi connectivity index (χ2v) is 16.9. The predicted molar refractivity (Wildman–Crippen MR) is 249 cm³/mol. The Balaban J connectivity index is 1.05. The Hall–Kier alpha value is -7.33. The Morgan fingerprint density at radius 3 is 1.83 bits per heavy atom. The first-order valence-corrected chi connectivity index (χ1v) is 21.1. The molecule has 0 bridgehead atoms. The van der Waals surface area contributed by atoms with Gasteiger partial charge in [-0.05, 0) is 89.8 Å². The van der Waals surface area contributed by atoms with Crippen molar-refractivity contribution in [3.63, 3.8) is 0 Å². The lowest BCUT2D eigenvalue weighted by molar-refractivity contribution is 0.768. The van der Waals surface area contributed by atoms with Gasteiger partial charge in [-0.25, -0.2) is 4.98 Å². The Kier molecular flexibility index (Phi) is 6.84. The van der Waals surface area contributed by atoms with Crippen LogP contribution in [0.1, 0.15) is 22.3 Å². The lowest BCUT2D eigenvalue weighted by Crippen LogP contribution is -2.28. The Labute approximate surface area is 344 Å². The smallest absolute Gasteiger partial charge is 0.156 e. The van der Waals surface area contributed by atoms with Crippen molar-refractivity contribution in [2.75, 3.05) is 0 Å². The van der Waals surface area contributed by atoms with E-state index >= 15 is 0 Å². The summed E-state index contributed by atoms with van der Waals surface area (Å²) in [6, 6.07) is 76.2. The Bertz CT molecular complexity index is 3610. The van der Waals surface area contributed by atoms with E-state index in [0.717, 1.165) is 27.9 Å². The molecule has 12 aromatic rings. The summed E-state index contributed by atoms with van der Waals surface area (Å²) in [5.74, 6) is 0. The number of fused-ring (bicyclic) bond motifs is 13. The molecule has 0 aliphatic heterocycles. The standard InChI is InChI=1S/C56H34N2S/c1-3-17-40(18-4-1)56(41-19-5-2-6-20-41)47-24-12-11-22-45(47)52-42(23-13-25-48(52)56)36-26-28-37(29-27-36)50-34-46-44-31-30-35-14-9-10-21-43(35)53(44)59-54(46)55-57-49-32-38-15-7-8-16-39(38)33-51(49)58(50)55/h1-34H. The van der Waals surface area contributed by atoms with Crippen LogP contribution in [0.5, 0.6) is 0 Å². The zero-order valence-corrected chi connectivity index (χ0v) is 32.7. The van der Waals surface area contributed by atoms with Crippen LogP contribution in [0.2, 0.25) is 0 Å². The first kappa shape index (κ1) is 32.7. The normalized spacial score (nSPS) is 13.2. The molecule has 274 valence electrons. The molecule has 0 unspecified atom stereocenters. The maximum absolute atomic E-state index is 5.42. The van der Waals surface area contributed by atoms with Gasteiger partial charge >= 0.3 is 0 Å². The van der Waals surface area contributed by atoms with Crippen LogP contribution in [0, 0.1) is 0 Å². The van der Waals surface area contributed by atoms with E-state index in [-0.39, 0.29) is 0 Å². The van der Waals surface area contributed by atoms with Gasteiger partial charge in [-0.3, -0.25) is 4.40 Å². The highest BCUT2D eigenvalue weighted by atomic mass is 32.1. The molecule has 1 aliphatic carbocycles. The molecule has 0 amide bonds. The number of pyridine rings is 1. The van der Waals surface area contributed by atoms with Gasteiger partial charge in [0.2, 0.25) is 0 Å². The fourth-order valence-electron chi connectivity index (χ4n) is 10.3. The zero-order valence-electron chi connectivity index (χ0n) is 31.9. The molecule has 3 heterocycles. The van der Waals surface area contributed by atoms with Crippen LogP contribution in [0.15, 0.2) is 206 Å². The summed E-state index contributed by atoms with van der Waals surface area (Å²) in [7, 11) is 0. The van der Waals surface area contributed by atoms with E-state index in [1.165, 1.54) is 86.2 Å². The van der Waals surface area contributed by atoms with Crippen LogP contribution in [-0.4, -0.2) is 9.38 Å². The maximum atomic E-state index is 5.42. The van der Waals surface area contributed by atoms with E-state index in [0.29, 0.717) is 0 Å². The van der Waals surface area contributed by atoms with Gasteiger partial charge in [0.05, 0.1) is 26.8 Å². The number of nitrogens with zero attached hydrogens (tertiary/aromatic N) is 2. The van der Waals surface area contributed by atoms with Gasteiger partial charge < -0.3 is 0 Å². The molecule has 0 N–H and O–H groups in total. The summed E-state index contributed by atoms with van der Waals surface area (Å²) in [4.78, 5) is 5.42. The summed E-state index contributed by atoms with van der Waals surface area (Å²) in [6.07, 6.45) is 0. The Morgan fingerprint density at radius 2 is 1.05 bits per heavy atom. The third-order valence-electron chi connectivity index (χ3n) is 12.8.